The number of rotatable bonds is 5. The number of nitrogens with zero attached hydrogens (tertiary/aromatic N) is 4. The molecular formula is C22H28IN5O. The monoisotopic (exact) mass is 505 g/mol. The summed E-state index contributed by atoms with van der Waals surface area (Å²) in [5.74, 6) is 0.988. The van der Waals surface area contributed by atoms with Crippen LogP contribution in [-0.2, 0) is 13.0 Å². The average molecular weight is 505 g/mol. The van der Waals surface area contributed by atoms with Gasteiger partial charge in [-0.05, 0) is 22.8 Å². The van der Waals surface area contributed by atoms with Crippen LogP contribution in [0, 0.1) is 0 Å². The molecule has 3 aromatic rings. The highest BCUT2D eigenvalue weighted by molar-refractivity contribution is 14.0. The number of aromatic nitrogens is 1. The molecule has 0 bridgehead atoms. The SMILES string of the molecule is CN=C(NCCc1ccc2ccccc2c1)N1CCN(Cc2ccon2)CC1.I. The van der Waals surface area contributed by atoms with E-state index in [2.05, 4.69) is 67.7 Å². The molecule has 0 atom stereocenters. The molecule has 0 radical (unpaired) electrons. The zero-order valence-electron chi connectivity index (χ0n) is 16.8. The van der Waals surface area contributed by atoms with E-state index in [1.54, 1.807) is 6.26 Å². The first-order valence-corrected chi connectivity index (χ1v) is 9.87. The van der Waals surface area contributed by atoms with Crippen LogP contribution < -0.4 is 5.32 Å². The second-order valence-corrected chi connectivity index (χ2v) is 7.16. The van der Waals surface area contributed by atoms with Gasteiger partial charge in [-0.2, -0.15) is 0 Å². The summed E-state index contributed by atoms with van der Waals surface area (Å²) in [4.78, 5) is 9.21. The third kappa shape index (κ3) is 5.70. The molecule has 1 aliphatic heterocycles. The van der Waals surface area contributed by atoms with Gasteiger partial charge in [0.25, 0.3) is 0 Å². The molecule has 2 aromatic carbocycles. The molecule has 0 unspecified atom stereocenters. The van der Waals surface area contributed by atoms with E-state index in [0.717, 1.165) is 57.3 Å². The van der Waals surface area contributed by atoms with Gasteiger partial charge in [-0.25, -0.2) is 0 Å². The molecular weight excluding hydrogens is 477 g/mol. The maximum Gasteiger partial charge on any atom is 0.193 e. The largest absolute Gasteiger partial charge is 0.364 e. The quantitative estimate of drug-likeness (QED) is 0.328. The van der Waals surface area contributed by atoms with E-state index >= 15 is 0 Å². The number of halogens is 1. The summed E-state index contributed by atoms with van der Waals surface area (Å²) in [6.45, 7) is 5.65. The van der Waals surface area contributed by atoms with E-state index in [0.29, 0.717) is 0 Å². The smallest absolute Gasteiger partial charge is 0.193 e. The maximum atomic E-state index is 4.92. The maximum absolute atomic E-state index is 4.92. The Morgan fingerprint density at radius 3 is 2.59 bits per heavy atom. The van der Waals surface area contributed by atoms with Gasteiger partial charge in [-0.1, -0.05) is 47.6 Å². The minimum Gasteiger partial charge on any atom is -0.364 e. The fourth-order valence-electron chi connectivity index (χ4n) is 3.71. The van der Waals surface area contributed by atoms with Crippen molar-refractivity contribution in [2.75, 3.05) is 39.8 Å². The topological polar surface area (TPSA) is 56.9 Å². The first kappa shape index (κ1) is 21.6. The Morgan fingerprint density at radius 1 is 1.07 bits per heavy atom. The molecule has 1 saturated heterocycles. The van der Waals surface area contributed by atoms with Gasteiger partial charge in [0.15, 0.2) is 5.96 Å². The highest BCUT2D eigenvalue weighted by Crippen LogP contribution is 2.15. The van der Waals surface area contributed by atoms with E-state index < -0.39 is 0 Å². The average Bonchev–Trinajstić information content (AvgIpc) is 3.25. The molecule has 154 valence electrons. The van der Waals surface area contributed by atoms with Crippen molar-refractivity contribution < 1.29 is 4.52 Å². The zero-order valence-corrected chi connectivity index (χ0v) is 19.1. The van der Waals surface area contributed by atoms with Crippen molar-refractivity contribution in [3.63, 3.8) is 0 Å². The number of piperazine rings is 1. The molecule has 0 spiro atoms. The van der Waals surface area contributed by atoms with Crippen LogP contribution in [0.5, 0.6) is 0 Å². The van der Waals surface area contributed by atoms with Crippen molar-refractivity contribution in [2.24, 2.45) is 4.99 Å². The van der Waals surface area contributed by atoms with Crippen molar-refractivity contribution >= 4 is 40.7 Å². The number of guanidine groups is 1. The third-order valence-corrected chi connectivity index (χ3v) is 5.27. The minimum absolute atomic E-state index is 0. The summed E-state index contributed by atoms with van der Waals surface area (Å²) in [6, 6.07) is 17.1. The number of hydrogen-bond acceptors (Lipinski definition) is 4. The van der Waals surface area contributed by atoms with Crippen LogP contribution in [0.1, 0.15) is 11.3 Å². The molecule has 1 aromatic heterocycles. The number of nitrogens with one attached hydrogen (secondary N) is 1. The normalized spacial score (nSPS) is 15.3. The van der Waals surface area contributed by atoms with Gasteiger partial charge < -0.3 is 14.7 Å². The van der Waals surface area contributed by atoms with Crippen molar-refractivity contribution in [1.82, 2.24) is 20.3 Å². The van der Waals surface area contributed by atoms with Crippen molar-refractivity contribution in [3.05, 3.63) is 66.1 Å². The Hall–Kier alpha value is -2.13. The van der Waals surface area contributed by atoms with E-state index in [1.165, 1.54) is 16.3 Å². The Kier molecular flexibility index (Phi) is 7.88. The molecule has 1 fully saturated rings. The third-order valence-electron chi connectivity index (χ3n) is 5.27. The molecule has 7 heteroatoms. The van der Waals surface area contributed by atoms with E-state index in [4.69, 9.17) is 4.52 Å². The lowest BCUT2D eigenvalue weighted by Crippen LogP contribution is -2.52. The molecule has 6 nitrogen and oxygen atoms in total. The van der Waals surface area contributed by atoms with E-state index in [-0.39, 0.29) is 24.0 Å². The standard InChI is InChI=1S/C22H27N5O.HI/c1-23-22(27-13-11-26(12-14-27)17-21-9-15-28-25-21)24-10-8-18-6-7-19-4-2-3-5-20(19)16-18;/h2-7,9,15-16H,8,10-14,17H2,1H3,(H,23,24);1H. The summed E-state index contributed by atoms with van der Waals surface area (Å²) in [7, 11) is 1.86. The van der Waals surface area contributed by atoms with Crippen molar-refractivity contribution in [1.29, 1.82) is 0 Å². The zero-order chi connectivity index (χ0) is 19.2. The highest BCUT2D eigenvalue weighted by atomic mass is 127. The van der Waals surface area contributed by atoms with Crippen LogP contribution in [-0.4, -0.2) is 60.7 Å². The lowest BCUT2D eigenvalue weighted by molar-refractivity contribution is 0.169. The Bertz CT molecular complexity index is 920. The predicted molar refractivity (Wildman–Crippen MR) is 128 cm³/mol. The van der Waals surface area contributed by atoms with E-state index in [1.807, 2.05) is 13.1 Å². The summed E-state index contributed by atoms with van der Waals surface area (Å²) < 4.78 is 4.92. The first-order chi connectivity index (χ1) is 13.8. The summed E-state index contributed by atoms with van der Waals surface area (Å²) >= 11 is 0. The Morgan fingerprint density at radius 2 is 1.86 bits per heavy atom. The van der Waals surface area contributed by atoms with Crippen LogP contribution >= 0.6 is 24.0 Å². The molecule has 1 N–H and O–H groups in total. The fourth-order valence-corrected chi connectivity index (χ4v) is 3.71. The molecule has 1 aliphatic rings. The number of aliphatic imine (C=N–C) groups is 1. The Labute approximate surface area is 189 Å². The van der Waals surface area contributed by atoms with Crippen LogP contribution in [0.2, 0.25) is 0 Å². The van der Waals surface area contributed by atoms with Gasteiger partial charge in [0.05, 0.1) is 5.69 Å². The molecule has 4 rings (SSSR count). The predicted octanol–water partition coefficient (Wildman–Crippen LogP) is 3.38. The van der Waals surface area contributed by atoms with Gasteiger partial charge in [0.2, 0.25) is 0 Å². The lowest BCUT2D eigenvalue weighted by Gasteiger charge is -2.36. The van der Waals surface area contributed by atoms with Gasteiger partial charge in [0.1, 0.15) is 6.26 Å². The fraction of sp³-hybridized carbons (Fsp3) is 0.364. The summed E-state index contributed by atoms with van der Waals surface area (Å²) in [6.07, 6.45) is 2.61. The van der Waals surface area contributed by atoms with Crippen LogP contribution in [0.3, 0.4) is 0 Å². The highest BCUT2D eigenvalue weighted by Gasteiger charge is 2.20. The number of benzene rings is 2. The van der Waals surface area contributed by atoms with Gasteiger partial charge in [0, 0.05) is 52.4 Å². The van der Waals surface area contributed by atoms with Crippen molar-refractivity contribution in [3.8, 4) is 0 Å². The van der Waals surface area contributed by atoms with E-state index in [9.17, 15) is 0 Å². The van der Waals surface area contributed by atoms with Crippen LogP contribution in [0.4, 0.5) is 0 Å². The molecule has 0 aliphatic carbocycles. The molecule has 29 heavy (non-hydrogen) atoms. The second-order valence-electron chi connectivity index (χ2n) is 7.16. The van der Waals surface area contributed by atoms with Gasteiger partial charge in [-0.15, -0.1) is 24.0 Å². The molecule has 2 heterocycles. The minimum atomic E-state index is 0. The van der Waals surface area contributed by atoms with Gasteiger partial charge >= 0.3 is 0 Å². The van der Waals surface area contributed by atoms with Crippen LogP contribution in [0.25, 0.3) is 10.8 Å². The lowest BCUT2D eigenvalue weighted by atomic mass is 10.1. The number of fused-ring (bicyclic) bond motifs is 1. The molecule has 0 saturated carbocycles. The second kappa shape index (κ2) is 10.6. The number of hydrogen-bond donors (Lipinski definition) is 1. The summed E-state index contributed by atoms with van der Waals surface area (Å²) in [5, 5.41) is 10.1. The van der Waals surface area contributed by atoms with Crippen molar-refractivity contribution in [2.45, 2.75) is 13.0 Å². The molecule has 0 amide bonds. The van der Waals surface area contributed by atoms with Crippen LogP contribution in [0.15, 0.2) is 64.3 Å². The van der Waals surface area contributed by atoms with Gasteiger partial charge in [-0.3, -0.25) is 9.89 Å². The first-order valence-electron chi connectivity index (χ1n) is 9.87. The Balaban J connectivity index is 0.00000240. The summed E-state index contributed by atoms with van der Waals surface area (Å²) in [5.41, 5.74) is 2.34.